The molecule has 0 saturated heterocycles. The maximum absolute atomic E-state index is 12.9. The molecule has 1 fully saturated rings. The average molecular weight is 471 g/mol. The van der Waals surface area contributed by atoms with Crippen LogP contribution in [0.5, 0.6) is 0 Å². The third-order valence-corrected chi connectivity index (χ3v) is 6.78. The van der Waals surface area contributed by atoms with Crippen molar-refractivity contribution in [2.24, 2.45) is 11.8 Å². The second-order valence-electron chi connectivity index (χ2n) is 9.00. The zero-order valence-electron chi connectivity index (χ0n) is 19.0. The van der Waals surface area contributed by atoms with Crippen molar-refractivity contribution in [1.29, 1.82) is 0 Å². The monoisotopic (exact) mass is 470 g/mol. The second kappa shape index (κ2) is 9.62. The van der Waals surface area contributed by atoms with E-state index in [2.05, 4.69) is 22.8 Å². The highest BCUT2D eigenvalue weighted by molar-refractivity contribution is 5.87. The molecule has 0 radical (unpaired) electrons. The number of aliphatic carboxylic acids is 1. The topological polar surface area (TPSA) is 105 Å². The minimum absolute atomic E-state index is 0.0812. The summed E-state index contributed by atoms with van der Waals surface area (Å²) in [5.74, 6) is -1.83. The lowest BCUT2D eigenvalue weighted by molar-refractivity contribution is -0.139. The van der Waals surface area contributed by atoms with Gasteiger partial charge in [0.1, 0.15) is 12.6 Å². The highest BCUT2D eigenvalue weighted by Crippen LogP contribution is 2.44. The number of carboxylic acid groups (broad SMARTS) is 1. The van der Waals surface area contributed by atoms with E-state index < -0.39 is 29.9 Å². The van der Waals surface area contributed by atoms with Gasteiger partial charge >= 0.3 is 12.1 Å². The number of benzene rings is 3. The Balaban J connectivity index is 1.25. The number of nitrogens with one attached hydrogen (secondary N) is 2. The molecular weight excluding hydrogens is 444 g/mol. The number of alkyl carbamates (subject to hydrolysis) is 1. The largest absolute Gasteiger partial charge is 0.481 e. The fraction of sp³-hybridized carbons (Fsp3) is 0.250. The molecule has 2 amide bonds. The van der Waals surface area contributed by atoms with Crippen LogP contribution in [0.2, 0.25) is 0 Å². The first kappa shape index (κ1) is 22.7. The van der Waals surface area contributed by atoms with Crippen molar-refractivity contribution in [3.63, 3.8) is 0 Å². The maximum Gasteiger partial charge on any atom is 0.408 e. The van der Waals surface area contributed by atoms with Crippen LogP contribution in [0.4, 0.5) is 4.79 Å². The normalized spacial score (nSPS) is 18.6. The Hall–Kier alpha value is -4.13. The van der Waals surface area contributed by atoms with Crippen LogP contribution in [0.3, 0.4) is 0 Å². The van der Waals surface area contributed by atoms with Crippen LogP contribution in [-0.4, -0.2) is 36.2 Å². The van der Waals surface area contributed by atoms with Gasteiger partial charge in [0.2, 0.25) is 5.91 Å². The Morgan fingerprint density at radius 2 is 1.49 bits per heavy atom. The molecule has 0 bridgehead atoms. The number of carbonyl (C=O) groups is 3. The van der Waals surface area contributed by atoms with Gasteiger partial charge in [-0.2, -0.15) is 0 Å². The lowest BCUT2D eigenvalue weighted by atomic mass is 9.98. The van der Waals surface area contributed by atoms with Gasteiger partial charge in [0, 0.05) is 12.5 Å². The molecule has 3 N–H and O–H groups in total. The van der Waals surface area contributed by atoms with Crippen molar-refractivity contribution in [1.82, 2.24) is 10.6 Å². The molecule has 0 unspecified atom stereocenters. The average Bonchev–Trinajstić information content (AvgIpc) is 3.61. The Bertz CT molecular complexity index is 1210. The van der Waals surface area contributed by atoms with Gasteiger partial charge in [-0.3, -0.25) is 9.59 Å². The summed E-state index contributed by atoms with van der Waals surface area (Å²) in [7, 11) is 0. The summed E-state index contributed by atoms with van der Waals surface area (Å²) >= 11 is 0. The molecule has 3 aromatic carbocycles. The maximum atomic E-state index is 12.9. The van der Waals surface area contributed by atoms with Crippen molar-refractivity contribution in [2.45, 2.75) is 18.4 Å². The lowest BCUT2D eigenvalue weighted by Crippen LogP contribution is -2.41. The third kappa shape index (κ3) is 4.75. The molecule has 0 aliphatic heterocycles. The molecule has 7 heteroatoms. The van der Waals surface area contributed by atoms with Crippen molar-refractivity contribution in [3.8, 4) is 11.1 Å². The van der Waals surface area contributed by atoms with Crippen LogP contribution in [-0.2, 0) is 14.3 Å². The smallest absolute Gasteiger partial charge is 0.408 e. The molecule has 1 saturated carbocycles. The van der Waals surface area contributed by atoms with E-state index in [0.717, 1.165) is 22.3 Å². The highest BCUT2D eigenvalue weighted by Gasteiger charge is 2.43. The second-order valence-corrected chi connectivity index (χ2v) is 9.00. The summed E-state index contributed by atoms with van der Waals surface area (Å²) < 4.78 is 5.62. The molecule has 3 aromatic rings. The molecular formula is C28H26N2O5. The van der Waals surface area contributed by atoms with E-state index in [4.69, 9.17) is 9.84 Å². The standard InChI is InChI=1S/C28H26N2O5/c31-26(29-15-18-14-23(18)27(32)33)25(17-8-2-1-3-9-17)30-28(34)35-16-24-21-12-6-4-10-19(21)20-11-5-7-13-22(20)24/h1-13,18,23-25H,14-16H2,(H,29,31)(H,30,34)(H,32,33)/t18-,23-,25+/m1/s1. The Morgan fingerprint density at radius 3 is 2.09 bits per heavy atom. The minimum atomic E-state index is -0.950. The summed E-state index contributed by atoms with van der Waals surface area (Å²) in [5.41, 5.74) is 5.11. The minimum Gasteiger partial charge on any atom is -0.481 e. The van der Waals surface area contributed by atoms with Crippen molar-refractivity contribution in [2.75, 3.05) is 13.2 Å². The Labute approximate surface area is 203 Å². The predicted octanol–water partition coefficient (Wildman–Crippen LogP) is 4.10. The molecule has 0 aromatic heterocycles. The van der Waals surface area contributed by atoms with Crippen LogP contribution in [0.15, 0.2) is 78.9 Å². The van der Waals surface area contributed by atoms with E-state index in [1.54, 1.807) is 24.3 Å². The van der Waals surface area contributed by atoms with Crippen LogP contribution in [0, 0.1) is 11.8 Å². The number of hydrogen-bond acceptors (Lipinski definition) is 4. The van der Waals surface area contributed by atoms with Crippen molar-refractivity contribution >= 4 is 18.0 Å². The van der Waals surface area contributed by atoms with E-state index in [9.17, 15) is 14.4 Å². The summed E-state index contributed by atoms with van der Waals surface area (Å²) in [4.78, 5) is 36.8. The molecule has 0 spiro atoms. The molecule has 5 rings (SSSR count). The molecule has 2 aliphatic rings. The first-order chi connectivity index (χ1) is 17.0. The molecule has 7 nitrogen and oxygen atoms in total. The Kier molecular flexibility index (Phi) is 6.23. The highest BCUT2D eigenvalue weighted by atomic mass is 16.5. The number of carbonyl (C=O) groups excluding carboxylic acids is 2. The fourth-order valence-electron chi connectivity index (χ4n) is 4.81. The fourth-order valence-corrected chi connectivity index (χ4v) is 4.81. The van der Waals surface area contributed by atoms with Gasteiger partial charge in [0.15, 0.2) is 0 Å². The molecule has 0 heterocycles. The summed E-state index contributed by atoms with van der Waals surface area (Å²) in [6.45, 7) is 0.400. The third-order valence-electron chi connectivity index (χ3n) is 6.78. The summed E-state index contributed by atoms with van der Waals surface area (Å²) in [6.07, 6.45) is -0.142. The number of hydrogen-bond donors (Lipinski definition) is 3. The summed E-state index contributed by atoms with van der Waals surface area (Å²) in [6, 6.07) is 24.1. The van der Waals surface area contributed by atoms with Crippen molar-refractivity contribution in [3.05, 3.63) is 95.6 Å². The van der Waals surface area contributed by atoms with Gasteiger partial charge in [-0.25, -0.2) is 4.79 Å². The zero-order valence-corrected chi connectivity index (χ0v) is 19.0. The Morgan fingerprint density at radius 1 is 0.886 bits per heavy atom. The van der Waals surface area contributed by atoms with E-state index in [0.29, 0.717) is 12.0 Å². The van der Waals surface area contributed by atoms with E-state index in [1.165, 1.54) is 0 Å². The van der Waals surface area contributed by atoms with Gasteiger partial charge in [-0.15, -0.1) is 0 Å². The van der Waals surface area contributed by atoms with Gasteiger partial charge in [-0.1, -0.05) is 78.9 Å². The first-order valence-corrected chi connectivity index (χ1v) is 11.7. The number of fused-ring (bicyclic) bond motifs is 3. The van der Waals surface area contributed by atoms with E-state index in [-0.39, 0.29) is 25.0 Å². The van der Waals surface area contributed by atoms with Gasteiger partial charge < -0.3 is 20.5 Å². The molecule has 35 heavy (non-hydrogen) atoms. The number of rotatable bonds is 8. The molecule has 3 atom stereocenters. The van der Waals surface area contributed by atoms with Crippen LogP contribution < -0.4 is 10.6 Å². The van der Waals surface area contributed by atoms with Gasteiger partial charge in [0.05, 0.1) is 5.92 Å². The number of ether oxygens (including phenoxy) is 1. The predicted molar refractivity (Wildman–Crippen MR) is 130 cm³/mol. The van der Waals surface area contributed by atoms with E-state index in [1.807, 2.05) is 42.5 Å². The lowest BCUT2D eigenvalue weighted by Gasteiger charge is -2.20. The molecule has 2 aliphatic carbocycles. The SMILES string of the molecule is O=C(N[C@H](C(=O)NC[C@H]1C[C@H]1C(=O)O)c1ccccc1)OCC1c2ccccc2-c2ccccc21. The number of carboxylic acids is 1. The number of amides is 2. The molecule has 178 valence electrons. The van der Waals surface area contributed by atoms with Crippen LogP contribution in [0.25, 0.3) is 11.1 Å². The summed E-state index contributed by atoms with van der Waals surface area (Å²) in [5, 5.41) is 14.6. The van der Waals surface area contributed by atoms with Gasteiger partial charge in [-0.05, 0) is 40.2 Å². The zero-order chi connectivity index (χ0) is 24.4. The van der Waals surface area contributed by atoms with Crippen LogP contribution in [0.1, 0.15) is 35.1 Å². The van der Waals surface area contributed by atoms with Crippen molar-refractivity contribution < 1.29 is 24.2 Å². The quantitative estimate of drug-likeness (QED) is 0.460. The first-order valence-electron chi connectivity index (χ1n) is 11.7. The van der Waals surface area contributed by atoms with E-state index >= 15 is 0 Å². The van der Waals surface area contributed by atoms with Gasteiger partial charge in [0.25, 0.3) is 0 Å². The van der Waals surface area contributed by atoms with Crippen LogP contribution >= 0.6 is 0 Å².